The van der Waals surface area contributed by atoms with E-state index in [4.69, 9.17) is 0 Å². The Morgan fingerprint density at radius 2 is 1.58 bits per heavy atom. The van der Waals surface area contributed by atoms with Crippen LogP contribution < -0.4 is 10.1 Å². The van der Waals surface area contributed by atoms with E-state index < -0.39 is 33.3 Å². The monoisotopic (exact) mass is 626 g/mol. The number of hydrazine groups is 1. The number of aliphatic hydroxyl groups excluding tert-OH is 2. The minimum atomic E-state index is -3.60. The number of nitrogens with zero attached hydrogens (tertiary/aromatic N) is 2. The number of rotatable bonds is 16. The Labute approximate surface area is 260 Å². The molecular weight excluding hydrogens is 568 g/mol. The van der Waals surface area contributed by atoms with Gasteiger partial charge >= 0.3 is 0 Å². The summed E-state index contributed by atoms with van der Waals surface area (Å²) in [6.07, 6.45) is 5.57. The molecule has 0 bridgehead atoms. The third kappa shape index (κ3) is 12.0. The summed E-state index contributed by atoms with van der Waals surface area (Å²) in [5.41, 5.74) is 0. The van der Waals surface area contributed by atoms with Crippen LogP contribution in [-0.2, 0) is 19.6 Å². The quantitative estimate of drug-likeness (QED) is 0.153. The van der Waals surface area contributed by atoms with Crippen molar-refractivity contribution in [1.29, 1.82) is 0 Å². The van der Waals surface area contributed by atoms with Crippen LogP contribution in [0, 0.1) is 35.5 Å². The molecule has 0 saturated heterocycles. The van der Waals surface area contributed by atoms with Gasteiger partial charge in [0.15, 0.2) is 0 Å². The smallest absolute Gasteiger partial charge is 0.226 e. The highest BCUT2D eigenvalue weighted by atomic mass is 32.2. The predicted octanol–water partition coefficient (Wildman–Crippen LogP) is 3.04. The van der Waals surface area contributed by atoms with Crippen LogP contribution in [0.25, 0.3) is 0 Å². The molecule has 5 atom stereocenters. The molecular formula is C32H58N4O6S. The maximum atomic E-state index is 13.9. The van der Waals surface area contributed by atoms with Crippen LogP contribution in [0.15, 0.2) is 0 Å². The molecule has 2 amide bonds. The topological polar surface area (TPSA) is 139 Å². The minimum absolute atomic E-state index is 0.0153. The van der Waals surface area contributed by atoms with E-state index in [9.17, 15) is 28.2 Å². The van der Waals surface area contributed by atoms with E-state index in [-0.39, 0.29) is 42.2 Å². The molecule has 5 unspecified atom stereocenters. The molecule has 11 heteroatoms. The summed E-state index contributed by atoms with van der Waals surface area (Å²) in [5, 5.41) is 25.4. The summed E-state index contributed by atoms with van der Waals surface area (Å²) in [6, 6.07) is -0.603. The van der Waals surface area contributed by atoms with Crippen molar-refractivity contribution in [1.82, 2.24) is 20.1 Å². The molecule has 0 aromatic heterocycles. The molecule has 0 aromatic carbocycles. The van der Waals surface area contributed by atoms with Gasteiger partial charge in [0.25, 0.3) is 0 Å². The number of carbonyl (C=O) groups excluding carboxylic acids is 2. The molecule has 43 heavy (non-hydrogen) atoms. The van der Waals surface area contributed by atoms with E-state index in [1.54, 1.807) is 27.7 Å². The fourth-order valence-electron chi connectivity index (χ4n) is 6.41. The highest BCUT2D eigenvalue weighted by Gasteiger charge is 2.39. The molecule has 2 aliphatic rings. The second kappa shape index (κ2) is 18.3. The van der Waals surface area contributed by atoms with Crippen LogP contribution in [0.5, 0.6) is 0 Å². The standard InChI is InChI=1S/C32H58N4O6S/c1-7-11-25-18-26(21-27(19-25)32(40)35(16-8-2)17-9-3)31(39)33-29(20-24-12-14-28(37)15-13-24)30(38)22-36(10-4)34-43(41,42)23(5)6/h23-30,34,37-38H,8-10,12-22H2,1-6H3,(H,33,39). The van der Waals surface area contributed by atoms with Crippen molar-refractivity contribution in [2.24, 2.45) is 23.7 Å². The van der Waals surface area contributed by atoms with E-state index in [0.717, 1.165) is 25.7 Å². The first-order valence-corrected chi connectivity index (χ1v) is 18.0. The molecule has 2 saturated carbocycles. The lowest BCUT2D eigenvalue weighted by Gasteiger charge is -2.37. The van der Waals surface area contributed by atoms with Crippen molar-refractivity contribution in [2.45, 2.75) is 129 Å². The largest absolute Gasteiger partial charge is 0.393 e. The fraction of sp³-hybridized carbons (Fsp3) is 0.875. The van der Waals surface area contributed by atoms with Gasteiger partial charge in [-0.05, 0) is 90.9 Å². The van der Waals surface area contributed by atoms with Crippen LogP contribution >= 0.6 is 0 Å². The van der Waals surface area contributed by atoms with Crippen molar-refractivity contribution in [3.63, 3.8) is 0 Å². The van der Waals surface area contributed by atoms with Gasteiger partial charge in [0.2, 0.25) is 21.8 Å². The molecule has 2 fully saturated rings. The van der Waals surface area contributed by atoms with E-state index in [2.05, 4.69) is 35.8 Å². The van der Waals surface area contributed by atoms with Gasteiger partial charge in [-0.15, -0.1) is 16.7 Å². The second-order valence-corrected chi connectivity index (χ2v) is 15.0. The van der Waals surface area contributed by atoms with Gasteiger partial charge in [-0.2, -0.15) is 0 Å². The van der Waals surface area contributed by atoms with E-state index in [0.29, 0.717) is 58.2 Å². The number of hydrogen-bond donors (Lipinski definition) is 4. The normalized spacial score (nSPS) is 26.0. The summed E-state index contributed by atoms with van der Waals surface area (Å²) < 4.78 is 25.0. The summed E-state index contributed by atoms with van der Waals surface area (Å²) >= 11 is 0. The van der Waals surface area contributed by atoms with Gasteiger partial charge < -0.3 is 20.4 Å². The Balaban J connectivity index is 2.24. The van der Waals surface area contributed by atoms with Crippen molar-refractivity contribution < 1.29 is 28.2 Å². The first-order valence-electron chi connectivity index (χ1n) is 16.5. The number of sulfonamides is 1. The van der Waals surface area contributed by atoms with Crippen LogP contribution in [0.4, 0.5) is 0 Å². The van der Waals surface area contributed by atoms with Crippen molar-refractivity contribution in [3.8, 4) is 11.8 Å². The SMILES string of the molecule is CC#CC1CC(C(=O)NC(CC2CCC(O)CC2)C(O)CN(CC)NS(=O)(=O)C(C)C)CC(C(=O)N(CCC)CCC)C1. The van der Waals surface area contributed by atoms with Gasteiger partial charge in [0, 0.05) is 43.9 Å². The molecule has 0 heterocycles. The highest BCUT2D eigenvalue weighted by molar-refractivity contribution is 7.90. The summed E-state index contributed by atoms with van der Waals surface area (Å²) in [4.78, 5) is 31.9. The number of hydrogen-bond acceptors (Lipinski definition) is 7. The summed E-state index contributed by atoms with van der Waals surface area (Å²) in [7, 11) is -3.60. The Hall–Kier alpha value is -1.71. The van der Waals surface area contributed by atoms with E-state index in [1.807, 2.05) is 4.90 Å². The Morgan fingerprint density at radius 3 is 2.12 bits per heavy atom. The third-order valence-corrected chi connectivity index (χ3v) is 10.7. The molecule has 10 nitrogen and oxygen atoms in total. The second-order valence-electron chi connectivity index (χ2n) is 12.8. The maximum Gasteiger partial charge on any atom is 0.226 e. The number of amides is 2. The summed E-state index contributed by atoms with van der Waals surface area (Å²) in [6.45, 7) is 12.6. The summed E-state index contributed by atoms with van der Waals surface area (Å²) in [5.74, 6) is 5.58. The van der Waals surface area contributed by atoms with Crippen molar-refractivity contribution in [2.75, 3.05) is 26.2 Å². The number of likely N-dealkylation sites (N-methyl/N-ethyl adjacent to an activating group) is 1. The van der Waals surface area contributed by atoms with E-state index >= 15 is 0 Å². The zero-order valence-corrected chi connectivity index (χ0v) is 28.2. The lowest BCUT2D eigenvalue weighted by molar-refractivity contribution is -0.139. The fourth-order valence-corrected chi connectivity index (χ4v) is 7.18. The molecule has 0 spiro atoms. The Kier molecular flexibility index (Phi) is 16.0. The maximum absolute atomic E-state index is 13.9. The minimum Gasteiger partial charge on any atom is -0.393 e. The molecule has 248 valence electrons. The molecule has 0 aliphatic heterocycles. The molecule has 0 radical (unpaired) electrons. The van der Waals surface area contributed by atoms with Crippen molar-refractivity contribution >= 4 is 21.8 Å². The van der Waals surface area contributed by atoms with Crippen LogP contribution in [0.3, 0.4) is 0 Å². The molecule has 2 rings (SSSR count). The number of nitrogens with one attached hydrogen (secondary N) is 2. The average molecular weight is 627 g/mol. The predicted molar refractivity (Wildman–Crippen MR) is 170 cm³/mol. The third-order valence-electron chi connectivity index (χ3n) is 8.94. The van der Waals surface area contributed by atoms with Crippen molar-refractivity contribution in [3.05, 3.63) is 0 Å². The zero-order chi connectivity index (χ0) is 32.2. The zero-order valence-electron chi connectivity index (χ0n) is 27.3. The first-order chi connectivity index (χ1) is 20.3. The molecule has 2 aliphatic carbocycles. The Bertz CT molecular complexity index is 1030. The van der Waals surface area contributed by atoms with Gasteiger partial charge in [-0.25, -0.2) is 13.4 Å². The van der Waals surface area contributed by atoms with Gasteiger partial charge in [-0.3, -0.25) is 9.59 Å². The van der Waals surface area contributed by atoms with Crippen LogP contribution in [-0.4, -0.2) is 90.0 Å². The number of aliphatic hydroxyl groups is 2. The van der Waals surface area contributed by atoms with Crippen LogP contribution in [0.2, 0.25) is 0 Å². The van der Waals surface area contributed by atoms with Gasteiger partial charge in [0.1, 0.15) is 0 Å². The van der Waals surface area contributed by atoms with Gasteiger partial charge in [0.05, 0.1) is 23.5 Å². The Morgan fingerprint density at radius 1 is 0.977 bits per heavy atom. The lowest BCUT2D eigenvalue weighted by Crippen LogP contribution is -2.55. The van der Waals surface area contributed by atoms with Crippen LogP contribution in [0.1, 0.15) is 106 Å². The molecule has 0 aromatic rings. The highest BCUT2D eigenvalue weighted by Crippen LogP contribution is 2.35. The average Bonchev–Trinajstić information content (AvgIpc) is 2.96. The number of carbonyl (C=O) groups is 2. The van der Waals surface area contributed by atoms with E-state index in [1.165, 1.54) is 5.01 Å². The van der Waals surface area contributed by atoms with Gasteiger partial charge in [-0.1, -0.05) is 20.8 Å². The first kappa shape index (κ1) is 37.5. The molecule has 4 N–H and O–H groups in total. The lowest BCUT2D eigenvalue weighted by atomic mass is 9.74.